The molecule has 5 nitrogen and oxygen atoms in total. The van der Waals surface area contributed by atoms with Crippen molar-refractivity contribution in [3.05, 3.63) is 46.2 Å². The number of nitrogens with zero attached hydrogens (tertiary/aromatic N) is 2. The van der Waals surface area contributed by atoms with Crippen LogP contribution in [-0.2, 0) is 6.54 Å². The Hall–Kier alpha value is -2.27. The van der Waals surface area contributed by atoms with Gasteiger partial charge in [-0.3, -0.25) is 9.78 Å². The van der Waals surface area contributed by atoms with Crippen molar-refractivity contribution in [2.45, 2.75) is 13.5 Å². The third-order valence-electron chi connectivity index (χ3n) is 3.61. The van der Waals surface area contributed by atoms with Crippen LogP contribution in [0.3, 0.4) is 0 Å². The number of halogens is 1. The zero-order valence-electron chi connectivity index (χ0n) is 12.6. The minimum Gasteiger partial charge on any atom is -0.493 e. The van der Waals surface area contributed by atoms with E-state index in [9.17, 15) is 4.79 Å². The van der Waals surface area contributed by atoms with Crippen LogP contribution in [0, 0.1) is 6.92 Å². The summed E-state index contributed by atoms with van der Waals surface area (Å²) in [5.41, 5.74) is 3.68. The number of pyridine rings is 1. The summed E-state index contributed by atoms with van der Waals surface area (Å²) >= 11 is 6.14. The van der Waals surface area contributed by atoms with E-state index in [-0.39, 0.29) is 5.91 Å². The molecule has 1 aromatic carbocycles. The van der Waals surface area contributed by atoms with Gasteiger partial charge >= 0.3 is 0 Å². The van der Waals surface area contributed by atoms with E-state index in [1.54, 1.807) is 25.1 Å². The van der Waals surface area contributed by atoms with Crippen molar-refractivity contribution in [3.63, 3.8) is 0 Å². The maximum atomic E-state index is 12.3. The van der Waals surface area contributed by atoms with Crippen molar-refractivity contribution in [3.8, 4) is 5.75 Å². The monoisotopic (exact) mass is 317 g/mol. The molecular formula is C16H16ClN3O2. The van der Waals surface area contributed by atoms with Crippen molar-refractivity contribution in [1.82, 2.24) is 9.88 Å². The highest BCUT2D eigenvalue weighted by Crippen LogP contribution is 2.37. The summed E-state index contributed by atoms with van der Waals surface area (Å²) in [4.78, 5) is 18.4. The molecule has 22 heavy (non-hydrogen) atoms. The number of rotatable bonds is 3. The van der Waals surface area contributed by atoms with Crippen LogP contribution in [0.1, 0.15) is 21.7 Å². The second-order valence-corrected chi connectivity index (χ2v) is 5.65. The minimum absolute atomic E-state index is 0.0361. The lowest BCUT2D eigenvalue weighted by atomic mass is 10.1. The maximum Gasteiger partial charge on any atom is 0.257 e. The largest absolute Gasteiger partial charge is 0.493 e. The Labute approximate surface area is 133 Å². The Balaban J connectivity index is 2.08. The molecule has 2 heterocycles. The van der Waals surface area contributed by atoms with E-state index in [2.05, 4.69) is 10.3 Å². The number of aromatic nitrogens is 1. The molecule has 2 aromatic rings. The fourth-order valence-electron chi connectivity index (χ4n) is 2.64. The van der Waals surface area contributed by atoms with Crippen LogP contribution < -0.4 is 10.1 Å². The first-order valence-corrected chi connectivity index (χ1v) is 7.24. The molecule has 0 bridgehead atoms. The summed E-state index contributed by atoms with van der Waals surface area (Å²) in [5, 5.41) is 3.77. The molecule has 1 amide bonds. The number of anilines is 2. The first-order valence-electron chi connectivity index (χ1n) is 6.86. The van der Waals surface area contributed by atoms with Crippen LogP contribution in [0.25, 0.3) is 0 Å². The van der Waals surface area contributed by atoms with Crippen LogP contribution in [0.4, 0.5) is 11.4 Å². The number of para-hydroxylation sites is 1. The van der Waals surface area contributed by atoms with Gasteiger partial charge in [-0.2, -0.15) is 0 Å². The van der Waals surface area contributed by atoms with Crippen LogP contribution in [0.5, 0.6) is 5.75 Å². The number of fused-ring (bicyclic) bond motifs is 1. The molecule has 0 unspecified atom stereocenters. The zero-order valence-corrected chi connectivity index (χ0v) is 13.4. The molecule has 114 valence electrons. The van der Waals surface area contributed by atoms with Gasteiger partial charge in [0.1, 0.15) is 0 Å². The Morgan fingerprint density at radius 2 is 2.14 bits per heavy atom. The molecule has 0 spiro atoms. The number of benzene rings is 1. The number of methoxy groups -OCH3 is 1. The first kappa shape index (κ1) is 14.7. The molecule has 0 aliphatic carbocycles. The van der Waals surface area contributed by atoms with Gasteiger partial charge in [-0.05, 0) is 25.1 Å². The number of amides is 1. The highest BCUT2D eigenvalue weighted by molar-refractivity contribution is 6.32. The standard InChI is InChI=1S/C16H16ClN3O2/c1-9-7-12(14-13(18-9)8-20(2)16(14)21)19-11-6-4-5-10(17)15(11)22-3/h4-7H,8H2,1-3H3,(H,18,19). The van der Waals surface area contributed by atoms with Crippen molar-refractivity contribution in [1.29, 1.82) is 0 Å². The van der Waals surface area contributed by atoms with Gasteiger partial charge < -0.3 is 15.0 Å². The van der Waals surface area contributed by atoms with Gasteiger partial charge in [0.15, 0.2) is 5.75 Å². The topological polar surface area (TPSA) is 54.5 Å². The van der Waals surface area contributed by atoms with Gasteiger partial charge in [-0.1, -0.05) is 17.7 Å². The lowest BCUT2D eigenvalue weighted by Crippen LogP contribution is -2.18. The second kappa shape index (κ2) is 5.50. The lowest BCUT2D eigenvalue weighted by molar-refractivity contribution is 0.0817. The van der Waals surface area contributed by atoms with Crippen molar-refractivity contribution in [2.24, 2.45) is 0 Å². The van der Waals surface area contributed by atoms with Crippen molar-refractivity contribution in [2.75, 3.05) is 19.5 Å². The zero-order chi connectivity index (χ0) is 15.9. The van der Waals surface area contributed by atoms with Gasteiger partial charge in [0, 0.05) is 12.7 Å². The van der Waals surface area contributed by atoms with Crippen molar-refractivity contribution >= 4 is 28.9 Å². The van der Waals surface area contributed by atoms with E-state index in [1.807, 2.05) is 25.1 Å². The summed E-state index contributed by atoms with van der Waals surface area (Å²) in [7, 11) is 3.33. The van der Waals surface area contributed by atoms with E-state index >= 15 is 0 Å². The van der Waals surface area contributed by atoms with E-state index in [0.717, 1.165) is 17.1 Å². The summed E-state index contributed by atoms with van der Waals surface area (Å²) in [6.07, 6.45) is 0. The second-order valence-electron chi connectivity index (χ2n) is 5.24. The lowest BCUT2D eigenvalue weighted by Gasteiger charge is -2.15. The molecule has 1 aromatic heterocycles. The normalized spacial score (nSPS) is 13.3. The smallest absolute Gasteiger partial charge is 0.257 e. The molecule has 0 fully saturated rings. The Morgan fingerprint density at radius 1 is 1.36 bits per heavy atom. The number of carbonyl (C=O) groups excluding carboxylic acids is 1. The molecule has 3 rings (SSSR count). The number of carbonyl (C=O) groups is 1. The number of aryl methyl sites for hydroxylation is 1. The van der Waals surface area contributed by atoms with E-state index in [1.165, 1.54) is 0 Å². The van der Waals surface area contributed by atoms with Crippen LogP contribution >= 0.6 is 11.6 Å². The maximum absolute atomic E-state index is 12.3. The number of hydrogen-bond donors (Lipinski definition) is 1. The highest BCUT2D eigenvalue weighted by atomic mass is 35.5. The van der Waals surface area contributed by atoms with E-state index < -0.39 is 0 Å². The summed E-state index contributed by atoms with van der Waals surface area (Å²) in [6.45, 7) is 2.43. The fourth-order valence-corrected chi connectivity index (χ4v) is 2.89. The van der Waals surface area contributed by atoms with Gasteiger partial charge in [0.2, 0.25) is 0 Å². The number of hydrogen-bond acceptors (Lipinski definition) is 4. The molecule has 1 aliphatic heterocycles. The molecule has 6 heteroatoms. The van der Waals surface area contributed by atoms with Gasteiger partial charge in [0.25, 0.3) is 5.91 Å². The molecule has 0 radical (unpaired) electrons. The summed E-state index contributed by atoms with van der Waals surface area (Å²) in [6, 6.07) is 7.30. The molecule has 1 N–H and O–H groups in total. The van der Waals surface area contributed by atoms with Gasteiger partial charge in [-0.25, -0.2) is 0 Å². The molecular weight excluding hydrogens is 302 g/mol. The Morgan fingerprint density at radius 3 is 2.86 bits per heavy atom. The predicted octanol–water partition coefficient (Wildman–Crippen LogP) is 3.38. The molecule has 0 saturated heterocycles. The minimum atomic E-state index is -0.0361. The average molecular weight is 318 g/mol. The molecule has 0 atom stereocenters. The highest BCUT2D eigenvalue weighted by Gasteiger charge is 2.29. The number of ether oxygens (including phenoxy) is 1. The third kappa shape index (κ3) is 2.37. The van der Waals surface area contributed by atoms with Crippen molar-refractivity contribution < 1.29 is 9.53 Å². The van der Waals surface area contributed by atoms with E-state index in [0.29, 0.717) is 28.6 Å². The number of nitrogens with one attached hydrogen (secondary N) is 1. The van der Waals surface area contributed by atoms with Crippen LogP contribution in [0.15, 0.2) is 24.3 Å². The van der Waals surface area contributed by atoms with E-state index in [4.69, 9.17) is 16.3 Å². The molecule has 0 saturated carbocycles. The summed E-state index contributed by atoms with van der Waals surface area (Å²) < 4.78 is 5.34. The Bertz CT molecular complexity index is 761. The van der Waals surface area contributed by atoms with Gasteiger partial charge in [0.05, 0.1) is 41.3 Å². The summed E-state index contributed by atoms with van der Waals surface area (Å²) in [5.74, 6) is 0.511. The fraction of sp³-hybridized carbons (Fsp3) is 0.250. The van der Waals surface area contributed by atoms with Gasteiger partial charge in [-0.15, -0.1) is 0 Å². The quantitative estimate of drug-likeness (QED) is 0.943. The SMILES string of the molecule is COc1c(Cl)cccc1Nc1cc(C)nc2c1C(=O)N(C)C2. The Kier molecular flexibility index (Phi) is 3.66. The molecule has 1 aliphatic rings. The third-order valence-corrected chi connectivity index (χ3v) is 3.91. The average Bonchev–Trinajstić information content (AvgIpc) is 2.74. The first-order chi connectivity index (χ1) is 10.5. The van der Waals surface area contributed by atoms with Crippen LogP contribution in [-0.4, -0.2) is 29.9 Å². The predicted molar refractivity (Wildman–Crippen MR) is 86.1 cm³/mol. The van der Waals surface area contributed by atoms with Crippen LogP contribution in [0.2, 0.25) is 5.02 Å².